The largest absolute Gasteiger partial charge is 0.481 e. The van der Waals surface area contributed by atoms with Gasteiger partial charge in [0.05, 0.1) is 7.11 Å². The summed E-state index contributed by atoms with van der Waals surface area (Å²) in [4.78, 5) is 8.15. The van der Waals surface area contributed by atoms with Gasteiger partial charge >= 0.3 is 0 Å². The molecule has 2 rings (SSSR count). The summed E-state index contributed by atoms with van der Waals surface area (Å²) in [6.45, 7) is 0. The minimum Gasteiger partial charge on any atom is -0.481 e. The minimum atomic E-state index is 0.428. The predicted octanol–water partition coefficient (Wildman–Crippen LogP) is 2.30. The van der Waals surface area contributed by atoms with Gasteiger partial charge in [0.25, 0.3) is 0 Å². The Kier molecular flexibility index (Phi) is 3.83. The number of halogens is 1. The number of aromatic nitrogens is 2. The first-order valence-corrected chi connectivity index (χ1v) is 6.05. The normalized spacial score (nSPS) is 24.4. The van der Waals surface area contributed by atoms with Gasteiger partial charge in [0.1, 0.15) is 12.1 Å². The molecular formula is C11H16ClN3O. The summed E-state index contributed by atoms with van der Waals surface area (Å²) in [5, 5.41) is 3.40. The Hall–Kier alpha value is -1.03. The number of ether oxygens (including phenoxy) is 1. The highest BCUT2D eigenvalue weighted by atomic mass is 35.5. The summed E-state index contributed by atoms with van der Waals surface area (Å²) in [7, 11) is 1.60. The van der Waals surface area contributed by atoms with Gasteiger partial charge in [-0.1, -0.05) is 6.42 Å². The SMILES string of the molecule is COc1cc(NC2CCCC2CCl)ncn1. The van der Waals surface area contributed by atoms with Crippen LogP contribution in [-0.4, -0.2) is 29.0 Å². The summed E-state index contributed by atoms with van der Waals surface area (Å²) in [6.07, 6.45) is 5.09. The van der Waals surface area contributed by atoms with Gasteiger partial charge < -0.3 is 10.1 Å². The van der Waals surface area contributed by atoms with Gasteiger partial charge in [-0.05, 0) is 18.8 Å². The summed E-state index contributed by atoms with van der Waals surface area (Å²) in [5.41, 5.74) is 0. The Balaban J connectivity index is 2.02. The molecule has 1 aliphatic carbocycles. The Morgan fingerprint density at radius 2 is 2.38 bits per heavy atom. The average molecular weight is 242 g/mol. The zero-order chi connectivity index (χ0) is 11.4. The van der Waals surface area contributed by atoms with Crippen LogP contribution < -0.4 is 10.1 Å². The number of nitrogens with zero attached hydrogens (tertiary/aromatic N) is 2. The van der Waals surface area contributed by atoms with Gasteiger partial charge in [-0.3, -0.25) is 0 Å². The number of hydrogen-bond acceptors (Lipinski definition) is 4. The van der Waals surface area contributed by atoms with Crippen LogP contribution in [0.1, 0.15) is 19.3 Å². The van der Waals surface area contributed by atoms with Crippen LogP contribution >= 0.6 is 11.6 Å². The van der Waals surface area contributed by atoms with Crippen molar-refractivity contribution in [2.24, 2.45) is 5.92 Å². The van der Waals surface area contributed by atoms with Crippen molar-refractivity contribution >= 4 is 17.4 Å². The molecular weight excluding hydrogens is 226 g/mol. The molecule has 1 aromatic heterocycles. The van der Waals surface area contributed by atoms with E-state index in [1.54, 1.807) is 7.11 Å². The first kappa shape index (κ1) is 11.5. The molecule has 1 saturated carbocycles. The van der Waals surface area contributed by atoms with Crippen molar-refractivity contribution in [2.75, 3.05) is 18.3 Å². The quantitative estimate of drug-likeness (QED) is 0.822. The van der Waals surface area contributed by atoms with Gasteiger partial charge in [0, 0.05) is 18.0 Å². The highest BCUT2D eigenvalue weighted by molar-refractivity contribution is 6.18. The van der Waals surface area contributed by atoms with E-state index in [0.717, 1.165) is 12.2 Å². The van der Waals surface area contributed by atoms with Crippen LogP contribution in [0.25, 0.3) is 0 Å². The molecule has 1 fully saturated rings. The third kappa shape index (κ3) is 2.55. The fraction of sp³-hybridized carbons (Fsp3) is 0.636. The van der Waals surface area contributed by atoms with E-state index in [-0.39, 0.29) is 0 Å². The minimum absolute atomic E-state index is 0.428. The van der Waals surface area contributed by atoms with E-state index < -0.39 is 0 Å². The Morgan fingerprint density at radius 1 is 1.50 bits per heavy atom. The molecule has 0 amide bonds. The lowest BCUT2D eigenvalue weighted by Gasteiger charge is -2.19. The molecule has 1 aromatic rings. The summed E-state index contributed by atoms with van der Waals surface area (Å²) in [5.74, 6) is 2.65. The van der Waals surface area contributed by atoms with Gasteiger partial charge in [0.15, 0.2) is 0 Å². The number of nitrogens with one attached hydrogen (secondary N) is 1. The maximum absolute atomic E-state index is 5.93. The predicted molar refractivity (Wildman–Crippen MR) is 64.1 cm³/mol. The van der Waals surface area contributed by atoms with E-state index in [0.29, 0.717) is 23.7 Å². The smallest absolute Gasteiger partial charge is 0.218 e. The van der Waals surface area contributed by atoms with Gasteiger partial charge in [-0.25, -0.2) is 9.97 Å². The highest BCUT2D eigenvalue weighted by Crippen LogP contribution is 2.29. The van der Waals surface area contributed by atoms with Crippen LogP contribution in [0.5, 0.6) is 5.88 Å². The zero-order valence-electron chi connectivity index (χ0n) is 9.32. The molecule has 1 aliphatic rings. The molecule has 0 radical (unpaired) electrons. The highest BCUT2D eigenvalue weighted by Gasteiger charge is 2.26. The van der Waals surface area contributed by atoms with Crippen LogP contribution in [0, 0.1) is 5.92 Å². The lowest BCUT2D eigenvalue weighted by Crippen LogP contribution is -2.25. The molecule has 1 N–H and O–H groups in total. The summed E-state index contributed by atoms with van der Waals surface area (Å²) in [6, 6.07) is 2.24. The molecule has 0 aromatic carbocycles. The molecule has 0 saturated heterocycles. The summed E-state index contributed by atoms with van der Waals surface area (Å²) < 4.78 is 5.06. The van der Waals surface area contributed by atoms with Crippen molar-refractivity contribution in [2.45, 2.75) is 25.3 Å². The number of methoxy groups -OCH3 is 1. The van der Waals surface area contributed by atoms with Crippen molar-refractivity contribution in [3.63, 3.8) is 0 Å². The van der Waals surface area contributed by atoms with Crippen LogP contribution in [0.4, 0.5) is 5.82 Å². The van der Waals surface area contributed by atoms with Gasteiger partial charge in [0.2, 0.25) is 5.88 Å². The van der Waals surface area contributed by atoms with Crippen molar-refractivity contribution in [3.05, 3.63) is 12.4 Å². The van der Waals surface area contributed by atoms with E-state index in [1.807, 2.05) is 6.07 Å². The molecule has 2 unspecified atom stereocenters. The molecule has 16 heavy (non-hydrogen) atoms. The molecule has 2 atom stereocenters. The number of alkyl halides is 1. The van der Waals surface area contributed by atoms with Crippen molar-refractivity contribution in [3.8, 4) is 5.88 Å². The monoisotopic (exact) mass is 241 g/mol. The second-order valence-corrected chi connectivity index (χ2v) is 4.35. The molecule has 5 heteroatoms. The molecule has 0 spiro atoms. The summed E-state index contributed by atoms with van der Waals surface area (Å²) >= 11 is 5.93. The maximum atomic E-state index is 5.93. The first-order valence-electron chi connectivity index (χ1n) is 5.52. The Labute approximate surface area is 100 Å². The topological polar surface area (TPSA) is 47.0 Å². The third-order valence-corrected chi connectivity index (χ3v) is 3.44. The van der Waals surface area contributed by atoms with E-state index in [4.69, 9.17) is 16.3 Å². The Morgan fingerprint density at radius 3 is 3.12 bits per heavy atom. The molecule has 0 bridgehead atoms. The second kappa shape index (κ2) is 5.34. The molecule has 4 nitrogen and oxygen atoms in total. The maximum Gasteiger partial charge on any atom is 0.218 e. The molecule has 88 valence electrons. The van der Waals surface area contributed by atoms with E-state index >= 15 is 0 Å². The van der Waals surface area contributed by atoms with Crippen LogP contribution in [0.3, 0.4) is 0 Å². The zero-order valence-corrected chi connectivity index (χ0v) is 10.1. The van der Waals surface area contributed by atoms with E-state index in [1.165, 1.54) is 19.2 Å². The second-order valence-electron chi connectivity index (χ2n) is 4.04. The number of anilines is 1. The fourth-order valence-corrected chi connectivity index (χ4v) is 2.50. The lowest BCUT2D eigenvalue weighted by molar-refractivity contribution is 0.397. The van der Waals surface area contributed by atoms with Crippen molar-refractivity contribution in [1.82, 2.24) is 9.97 Å². The number of rotatable bonds is 4. The third-order valence-electron chi connectivity index (χ3n) is 3.04. The van der Waals surface area contributed by atoms with Crippen LogP contribution in [0.15, 0.2) is 12.4 Å². The van der Waals surface area contributed by atoms with Gasteiger partial charge in [-0.2, -0.15) is 0 Å². The van der Waals surface area contributed by atoms with Crippen LogP contribution in [0.2, 0.25) is 0 Å². The molecule has 0 aliphatic heterocycles. The van der Waals surface area contributed by atoms with Crippen molar-refractivity contribution in [1.29, 1.82) is 0 Å². The van der Waals surface area contributed by atoms with E-state index in [2.05, 4.69) is 15.3 Å². The average Bonchev–Trinajstić information content (AvgIpc) is 2.76. The first-order chi connectivity index (χ1) is 7.83. The lowest BCUT2D eigenvalue weighted by atomic mass is 10.1. The standard InChI is InChI=1S/C11H16ClN3O/c1-16-11-5-10(13-7-14-11)15-9-4-2-3-8(9)6-12/h5,7-9H,2-4,6H2,1H3,(H,13,14,15). The van der Waals surface area contributed by atoms with E-state index in [9.17, 15) is 0 Å². The Bertz CT molecular complexity index is 348. The van der Waals surface area contributed by atoms with Crippen molar-refractivity contribution < 1.29 is 4.74 Å². The molecule has 1 heterocycles. The van der Waals surface area contributed by atoms with Crippen LogP contribution in [-0.2, 0) is 0 Å². The van der Waals surface area contributed by atoms with Gasteiger partial charge in [-0.15, -0.1) is 11.6 Å². The fourth-order valence-electron chi connectivity index (χ4n) is 2.13. The number of hydrogen-bond donors (Lipinski definition) is 1.